The zero-order valence-electron chi connectivity index (χ0n) is 13.5. The smallest absolute Gasteiger partial charge is 0.345 e. The Labute approximate surface area is 147 Å². The van der Waals surface area contributed by atoms with Crippen LogP contribution < -0.4 is 11.1 Å². The fourth-order valence-corrected chi connectivity index (χ4v) is 3.18. The van der Waals surface area contributed by atoms with E-state index in [0.717, 1.165) is 13.0 Å². The van der Waals surface area contributed by atoms with Gasteiger partial charge in [0.2, 0.25) is 0 Å². The maximum atomic E-state index is 13.5. The molecule has 2 aromatic heterocycles. The van der Waals surface area contributed by atoms with Crippen molar-refractivity contribution in [3.05, 3.63) is 50.8 Å². The summed E-state index contributed by atoms with van der Waals surface area (Å²) in [5.41, 5.74) is -4.88. The molecule has 9 nitrogen and oxygen atoms in total. The molecule has 1 atom stereocenters. The van der Waals surface area contributed by atoms with Gasteiger partial charge in [-0.15, -0.1) is 0 Å². The van der Waals surface area contributed by atoms with Crippen LogP contribution in [0.25, 0.3) is 22.4 Å². The Morgan fingerprint density at radius 3 is 2.44 bits per heavy atom. The molecule has 2 heterocycles. The molecule has 1 unspecified atom stereocenters. The van der Waals surface area contributed by atoms with Gasteiger partial charge in [0, 0.05) is 18.0 Å². The van der Waals surface area contributed by atoms with Gasteiger partial charge in [0.1, 0.15) is 11.6 Å². The number of H-pyrrole nitrogens is 2. The molecule has 0 saturated heterocycles. The number of aromatic amines is 2. The normalized spacial score (nSPS) is 13.9. The van der Waals surface area contributed by atoms with E-state index in [2.05, 4.69) is 9.97 Å². The first-order valence-electron chi connectivity index (χ1n) is 7.36. The third-order valence-electron chi connectivity index (χ3n) is 3.98. The van der Waals surface area contributed by atoms with Crippen LogP contribution in [-0.4, -0.2) is 29.3 Å². The maximum Gasteiger partial charge on any atom is 0.417 e. The van der Waals surface area contributed by atoms with Gasteiger partial charge < -0.3 is 19.8 Å². The molecule has 0 aliphatic heterocycles. The molecule has 0 bridgehead atoms. The Morgan fingerprint density at radius 2 is 1.93 bits per heavy atom. The number of nitrogens with one attached hydrogen (secondary N) is 2. The van der Waals surface area contributed by atoms with Crippen molar-refractivity contribution in [2.45, 2.75) is 18.9 Å². The number of nitrogens with zero attached hydrogens (tertiary/aromatic N) is 2. The molecule has 3 aromatic rings. The lowest BCUT2D eigenvalue weighted by molar-refractivity contribution is -0.137. The van der Waals surface area contributed by atoms with Crippen LogP contribution >= 0.6 is 7.60 Å². The van der Waals surface area contributed by atoms with Gasteiger partial charge in [-0.05, 0) is 19.1 Å². The summed E-state index contributed by atoms with van der Waals surface area (Å²) in [6.07, 6.45) is -2.31. The van der Waals surface area contributed by atoms with Gasteiger partial charge in [-0.25, -0.2) is 4.98 Å². The summed E-state index contributed by atoms with van der Waals surface area (Å²) in [7, 11) is -4.88. The number of halogens is 3. The molecular formula is C14H12F3N4O5P. The second kappa shape index (κ2) is 6.19. The number of imidazole rings is 1. The SMILES string of the molecule is CC(n1c(=O)c(=O)[nH]c2cc(C(F)(F)F)c(-c3ncc[nH]3)cc21)P(=O)(O)O. The summed E-state index contributed by atoms with van der Waals surface area (Å²) in [6, 6.07) is 1.50. The van der Waals surface area contributed by atoms with Gasteiger partial charge >= 0.3 is 24.9 Å². The first kappa shape index (κ1) is 19.1. The highest BCUT2D eigenvalue weighted by Gasteiger charge is 2.36. The van der Waals surface area contributed by atoms with Gasteiger partial charge in [-0.1, -0.05) is 0 Å². The summed E-state index contributed by atoms with van der Waals surface area (Å²) in [4.78, 5) is 51.1. The molecule has 4 N–H and O–H groups in total. The first-order chi connectivity index (χ1) is 12.4. The van der Waals surface area contributed by atoms with E-state index in [1.165, 1.54) is 12.4 Å². The molecule has 0 saturated carbocycles. The van der Waals surface area contributed by atoms with E-state index in [0.29, 0.717) is 10.6 Å². The third kappa shape index (κ3) is 3.34. The van der Waals surface area contributed by atoms with E-state index >= 15 is 0 Å². The van der Waals surface area contributed by atoms with Crippen LogP contribution in [0.15, 0.2) is 34.1 Å². The van der Waals surface area contributed by atoms with Crippen molar-refractivity contribution in [3.63, 3.8) is 0 Å². The van der Waals surface area contributed by atoms with Crippen molar-refractivity contribution < 1.29 is 27.5 Å². The molecule has 0 fully saturated rings. The largest absolute Gasteiger partial charge is 0.417 e. The lowest BCUT2D eigenvalue weighted by Crippen LogP contribution is -2.37. The first-order valence-corrected chi connectivity index (χ1v) is 9.04. The van der Waals surface area contributed by atoms with Crippen molar-refractivity contribution >= 4 is 18.6 Å². The van der Waals surface area contributed by atoms with Crippen molar-refractivity contribution in [1.82, 2.24) is 19.5 Å². The summed E-state index contributed by atoms with van der Waals surface area (Å²) < 4.78 is 52.5. The fraction of sp³-hybridized carbons (Fsp3) is 0.214. The highest BCUT2D eigenvalue weighted by atomic mass is 31.2. The number of benzene rings is 1. The van der Waals surface area contributed by atoms with Crippen molar-refractivity contribution in [2.75, 3.05) is 0 Å². The zero-order valence-corrected chi connectivity index (χ0v) is 14.4. The third-order valence-corrected chi connectivity index (χ3v) is 5.18. The quantitative estimate of drug-likeness (QED) is 0.388. The number of hydrogen-bond donors (Lipinski definition) is 4. The molecule has 0 radical (unpaired) electrons. The fourth-order valence-electron chi connectivity index (χ4n) is 2.65. The highest BCUT2D eigenvalue weighted by molar-refractivity contribution is 7.51. The second-order valence-electron chi connectivity index (χ2n) is 5.70. The van der Waals surface area contributed by atoms with Crippen LogP contribution in [0, 0.1) is 0 Å². The van der Waals surface area contributed by atoms with Crippen LogP contribution in [0.1, 0.15) is 18.3 Å². The molecule has 144 valence electrons. The Balaban J connectivity index is 2.50. The minimum absolute atomic E-state index is 0.168. The Hall–Kier alpha value is -2.69. The average molecular weight is 404 g/mol. The van der Waals surface area contributed by atoms with Gasteiger partial charge in [0.05, 0.1) is 16.6 Å². The Bertz CT molecular complexity index is 1180. The number of alkyl halides is 3. The lowest BCUT2D eigenvalue weighted by atomic mass is 10.0. The Morgan fingerprint density at radius 1 is 1.26 bits per heavy atom. The molecule has 27 heavy (non-hydrogen) atoms. The summed E-state index contributed by atoms with van der Waals surface area (Å²) >= 11 is 0. The van der Waals surface area contributed by atoms with E-state index in [1.807, 2.05) is 4.98 Å². The molecule has 3 rings (SSSR count). The molecule has 13 heteroatoms. The average Bonchev–Trinajstić information content (AvgIpc) is 3.07. The van der Waals surface area contributed by atoms with Crippen LogP contribution in [0.5, 0.6) is 0 Å². The summed E-state index contributed by atoms with van der Waals surface area (Å²) in [5.74, 6) is -1.94. The monoisotopic (exact) mass is 404 g/mol. The zero-order chi connectivity index (χ0) is 20.1. The number of fused-ring (bicyclic) bond motifs is 1. The predicted molar refractivity (Wildman–Crippen MR) is 88.2 cm³/mol. The van der Waals surface area contributed by atoms with Gasteiger partial charge in [-0.3, -0.25) is 18.7 Å². The minimum Gasteiger partial charge on any atom is -0.345 e. The van der Waals surface area contributed by atoms with E-state index < -0.39 is 47.3 Å². The molecule has 0 aliphatic rings. The number of hydrogen-bond acceptors (Lipinski definition) is 4. The standard InChI is InChI=1S/C14H12F3N4O5P/c1-6(27(24,25)26)21-10-4-7(11-18-2-3-19-11)8(14(15,16)17)5-9(10)20-12(22)13(21)23/h2-6H,1H3,(H,18,19)(H,20,22)(H2,24,25,26). The molecular weight excluding hydrogens is 392 g/mol. The topological polar surface area (TPSA) is 141 Å². The Kier molecular flexibility index (Phi) is 4.37. The predicted octanol–water partition coefficient (Wildman–Crippen LogP) is 1.79. The number of rotatable bonds is 3. The molecule has 0 aliphatic carbocycles. The van der Waals surface area contributed by atoms with E-state index in [-0.39, 0.29) is 11.3 Å². The second-order valence-corrected chi connectivity index (χ2v) is 7.63. The molecule has 0 amide bonds. The van der Waals surface area contributed by atoms with Crippen LogP contribution in [-0.2, 0) is 10.7 Å². The van der Waals surface area contributed by atoms with Gasteiger partial charge in [0.25, 0.3) is 0 Å². The van der Waals surface area contributed by atoms with E-state index in [4.69, 9.17) is 0 Å². The van der Waals surface area contributed by atoms with E-state index in [1.54, 1.807) is 0 Å². The van der Waals surface area contributed by atoms with Crippen molar-refractivity contribution in [1.29, 1.82) is 0 Å². The summed E-state index contributed by atoms with van der Waals surface area (Å²) in [5, 5.41) is 0. The van der Waals surface area contributed by atoms with Crippen molar-refractivity contribution in [2.24, 2.45) is 0 Å². The van der Waals surface area contributed by atoms with Gasteiger partial charge in [-0.2, -0.15) is 13.2 Å². The minimum atomic E-state index is -4.88. The van der Waals surface area contributed by atoms with Crippen LogP contribution in [0.4, 0.5) is 13.2 Å². The van der Waals surface area contributed by atoms with E-state index in [9.17, 15) is 37.1 Å². The van der Waals surface area contributed by atoms with Crippen LogP contribution in [0.2, 0.25) is 0 Å². The van der Waals surface area contributed by atoms with Crippen LogP contribution in [0.3, 0.4) is 0 Å². The summed E-state index contributed by atoms with van der Waals surface area (Å²) in [6.45, 7) is 0.991. The molecule has 0 spiro atoms. The highest BCUT2D eigenvalue weighted by Crippen LogP contribution is 2.48. The lowest BCUT2D eigenvalue weighted by Gasteiger charge is -2.20. The number of aromatic nitrogens is 4. The maximum absolute atomic E-state index is 13.5. The molecule has 1 aromatic carbocycles. The van der Waals surface area contributed by atoms with Gasteiger partial charge in [0.15, 0.2) is 0 Å². The van der Waals surface area contributed by atoms with Crippen molar-refractivity contribution in [3.8, 4) is 11.4 Å².